The lowest BCUT2D eigenvalue weighted by atomic mass is 10.1. The molecule has 26 heavy (non-hydrogen) atoms. The van der Waals surface area contributed by atoms with Crippen LogP contribution in [0.4, 0.5) is 5.69 Å². The van der Waals surface area contributed by atoms with E-state index in [4.69, 9.17) is 4.74 Å². The van der Waals surface area contributed by atoms with Crippen molar-refractivity contribution in [2.24, 2.45) is 0 Å². The van der Waals surface area contributed by atoms with E-state index in [2.05, 4.69) is 37.3 Å². The van der Waals surface area contributed by atoms with Crippen LogP contribution in [0, 0.1) is 13.8 Å². The standard InChI is InChI=1S/C20H23N3O2S/c1-5-9-23-19(12-18(22-23)17-10-13(2)26-14(17)3)20(24)21-15-7-6-8-16(11-15)25-4/h6-8,10-12H,5,9H2,1-4H3,(H,21,24). The number of nitrogens with zero attached hydrogens (tertiary/aromatic N) is 2. The van der Waals surface area contributed by atoms with E-state index in [0.717, 1.165) is 17.7 Å². The molecule has 1 aromatic carbocycles. The monoisotopic (exact) mass is 369 g/mol. The van der Waals surface area contributed by atoms with Crippen LogP contribution < -0.4 is 10.1 Å². The lowest BCUT2D eigenvalue weighted by molar-refractivity contribution is 0.101. The lowest BCUT2D eigenvalue weighted by Crippen LogP contribution is -2.17. The van der Waals surface area contributed by atoms with Crippen LogP contribution in [-0.4, -0.2) is 22.8 Å². The average Bonchev–Trinajstić information content (AvgIpc) is 3.18. The third-order valence-corrected chi connectivity index (χ3v) is 5.06. The van der Waals surface area contributed by atoms with Gasteiger partial charge in [0.25, 0.3) is 5.91 Å². The van der Waals surface area contributed by atoms with Crippen LogP contribution in [0.1, 0.15) is 33.6 Å². The molecule has 136 valence electrons. The van der Waals surface area contributed by atoms with E-state index in [0.29, 0.717) is 23.7 Å². The number of methoxy groups -OCH3 is 1. The number of aromatic nitrogens is 2. The maximum absolute atomic E-state index is 12.8. The minimum atomic E-state index is -0.171. The molecule has 3 rings (SSSR count). The highest BCUT2D eigenvalue weighted by atomic mass is 32.1. The summed E-state index contributed by atoms with van der Waals surface area (Å²) in [6, 6.07) is 11.3. The second kappa shape index (κ2) is 7.74. The Hall–Kier alpha value is -2.60. The molecule has 1 N–H and O–H groups in total. The smallest absolute Gasteiger partial charge is 0.273 e. The molecule has 0 saturated carbocycles. The first kappa shape index (κ1) is 18.2. The van der Waals surface area contributed by atoms with Gasteiger partial charge in [-0.2, -0.15) is 5.10 Å². The first-order valence-corrected chi connectivity index (χ1v) is 9.44. The molecule has 0 atom stereocenters. The zero-order valence-electron chi connectivity index (χ0n) is 15.5. The van der Waals surface area contributed by atoms with Crippen molar-refractivity contribution >= 4 is 22.9 Å². The van der Waals surface area contributed by atoms with Crippen molar-refractivity contribution in [3.8, 4) is 17.0 Å². The number of carbonyl (C=O) groups is 1. The molecule has 0 aliphatic rings. The van der Waals surface area contributed by atoms with Gasteiger partial charge in [-0.3, -0.25) is 9.48 Å². The lowest BCUT2D eigenvalue weighted by Gasteiger charge is -2.08. The molecule has 1 amide bonds. The molecule has 6 heteroatoms. The van der Waals surface area contributed by atoms with E-state index in [1.807, 2.05) is 24.3 Å². The second-order valence-electron chi connectivity index (χ2n) is 6.15. The van der Waals surface area contributed by atoms with Crippen molar-refractivity contribution in [3.63, 3.8) is 0 Å². The summed E-state index contributed by atoms with van der Waals surface area (Å²) in [6.45, 7) is 6.94. The minimum absolute atomic E-state index is 0.171. The van der Waals surface area contributed by atoms with Crippen LogP contribution in [-0.2, 0) is 6.54 Å². The molecular formula is C20H23N3O2S. The largest absolute Gasteiger partial charge is 0.497 e. The van der Waals surface area contributed by atoms with Crippen LogP contribution in [0.2, 0.25) is 0 Å². The Kier molecular flexibility index (Phi) is 5.42. The van der Waals surface area contributed by atoms with Gasteiger partial charge in [0.1, 0.15) is 11.4 Å². The Labute approximate surface area is 157 Å². The summed E-state index contributed by atoms with van der Waals surface area (Å²) in [5.74, 6) is 0.532. The fourth-order valence-electron chi connectivity index (χ4n) is 2.89. The Morgan fingerprint density at radius 3 is 2.73 bits per heavy atom. The van der Waals surface area contributed by atoms with Crippen molar-refractivity contribution in [2.75, 3.05) is 12.4 Å². The molecule has 3 aromatic rings. The molecule has 0 spiro atoms. The summed E-state index contributed by atoms with van der Waals surface area (Å²) in [6.07, 6.45) is 0.905. The molecule has 2 heterocycles. The molecule has 5 nitrogen and oxygen atoms in total. The van der Waals surface area contributed by atoms with Crippen LogP contribution in [0.5, 0.6) is 5.75 Å². The Morgan fingerprint density at radius 1 is 1.27 bits per heavy atom. The highest BCUT2D eigenvalue weighted by Gasteiger charge is 2.18. The molecular weight excluding hydrogens is 346 g/mol. The van der Waals surface area contributed by atoms with E-state index in [1.54, 1.807) is 29.2 Å². The third kappa shape index (κ3) is 3.80. The summed E-state index contributed by atoms with van der Waals surface area (Å²) in [5.41, 5.74) is 3.20. The van der Waals surface area contributed by atoms with Gasteiger partial charge in [0.05, 0.1) is 12.8 Å². The fourth-order valence-corrected chi connectivity index (χ4v) is 3.83. The number of aryl methyl sites for hydroxylation is 3. The summed E-state index contributed by atoms with van der Waals surface area (Å²) >= 11 is 1.74. The van der Waals surface area contributed by atoms with Gasteiger partial charge in [0, 0.05) is 33.6 Å². The van der Waals surface area contributed by atoms with Gasteiger partial charge < -0.3 is 10.1 Å². The van der Waals surface area contributed by atoms with Gasteiger partial charge in [-0.05, 0) is 44.5 Å². The average molecular weight is 369 g/mol. The van der Waals surface area contributed by atoms with E-state index in [1.165, 1.54) is 9.75 Å². The quantitative estimate of drug-likeness (QED) is 0.672. The topological polar surface area (TPSA) is 56.2 Å². The predicted molar refractivity (Wildman–Crippen MR) is 106 cm³/mol. The van der Waals surface area contributed by atoms with Gasteiger partial charge in [0.15, 0.2) is 0 Å². The van der Waals surface area contributed by atoms with Crippen molar-refractivity contribution in [2.45, 2.75) is 33.7 Å². The molecule has 2 aromatic heterocycles. The number of rotatable bonds is 6. The van der Waals surface area contributed by atoms with Crippen molar-refractivity contribution in [3.05, 3.63) is 51.8 Å². The molecule has 0 fully saturated rings. The van der Waals surface area contributed by atoms with Gasteiger partial charge >= 0.3 is 0 Å². The zero-order chi connectivity index (χ0) is 18.7. The first-order chi connectivity index (χ1) is 12.5. The summed E-state index contributed by atoms with van der Waals surface area (Å²) in [4.78, 5) is 15.3. The number of anilines is 1. The maximum Gasteiger partial charge on any atom is 0.273 e. The number of benzene rings is 1. The van der Waals surface area contributed by atoms with Gasteiger partial charge in [0.2, 0.25) is 0 Å². The van der Waals surface area contributed by atoms with E-state index in [-0.39, 0.29) is 5.91 Å². The van der Waals surface area contributed by atoms with Crippen LogP contribution >= 0.6 is 11.3 Å². The van der Waals surface area contributed by atoms with Crippen LogP contribution in [0.25, 0.3) is 11.3 Å². The summed E-state index contributed by atoms with van der Waals surface area (Å²) in [5, 5.41) is 7.62. The Balaban J connectivity index is 1.92. The molecule has 0 saturated heterocycles. The maximum atomic E-state index is 12.8. The summed E-state index contributed by atoms with van der Waals surface area (Å²) in [7, 11) is 1.61. The van der Waals surface area contributed by atoms with Crippen LogP contribution in [0.15, 0.2) is 36.4 Å². The molecule has 0 bridgehead atoms. The number of hydrogen-bond acceptors (Lipinski definition) is 4. The number of carbonyl (C=O) groups excluding carboxylic acids is 1. The third-order valence-electron chi connectivity index (χ3n) is 4.09. The Morgan fingerprint density at radius 2 is 2.08 bits per heavy atom. The van der Waals surface area contributed by atoms with Gasteiger partial charge in [-0.25, -0.2) is 0 Å². The van der Waals surface area contributed by atoms with E-state index in [9.17, 15) is 4.79 Å². The first-order valence-electron chi connectivity index (χ1n) is 8.62. The van der Waals surface area contributed by atoms with E-state index >= 15 is 0 Å². The van der Waals surface area contributed by atoms with Gasteiger partial charge in [-0.15, -0.1) is 11.3 Å². The highest BCUT2D eigenvalue weighted by Crippen LogP contribution is 2.30. The zero-order valence-corrected chi connectivity index (χ0v) is 16.3. The minimum Gasteiger partial charge on any atom is -0.497 e. The second-order valence-corrected chi connectivity index (χ2v) is 7.61. The number of amides is 1. The van der Waals surface area contributed by atoms with E-state index < -0.39 is 0 Å². The summed E-state index contributed by atoms with van der Waals surface area (Å²) < 4.78 is 7.00. The molecule has 0 aliphatic carbocycles. The van der Waals surface area contributed by atoms with Crippen molar-refractivity contribution < 1.29 is 9.53 Å². The fraction of sp³-hybridized carbons (Fsp3) is 0.300. The number of nitrogens with one attached hydrogen (secondary N) is 1. The highest BCUT2D eigenvalue weighted by molar-refractivity contribution is 7.12. The van der Waals surface area contributed by atoms with Crippen LogP contribution in [0.3, 0.4) is 0 Å². The SMILES string of the molecule is CCCn1nc(-c2cc(C)sc2C)cc1C(=O)Nc1cccc(OC)c1. The van der Waals surface area contributed by atoms with Crippen molar-refractivity contribution in [1.29, 1.82) is 0 Å². The number of hydrogen-bond donors (Lipinski definition) is 1. The Bertz CT molecular complexity index is 927. The van der Waals surface area contributed by atoms with Gasteiger partial charge in [-0.1, -0.05) is 13.0 Å². The normalized spacial score (nSPS) is 10.8. The van der Waals surface area contributed by atoms with Crippen molar-refractivity contribution in [1.82, 2.24) is 9.78 Å². The molecule has 0 unspecified atom stereocenters. The number of thiophene rings is 1. The predicted octanol–water partition coefficient (Wildman–Crippen LogP) is 4.90. The molecule has 0 aliphatic heterocycles. The number of ether oxygens (including phenoxy) is 1. The molecule has 0 radical (unpaired) electrons.